The van der Waals surface area contributed by atoms with Crippen molar-refractivity contribution in [2.75, 3.05) is 0 Å². The van der Waals surface area contributed by atoms with Crippen molar-refractivity contribution in [1.82, 2.24) is 0 Å². The number of halogens is 39. The van der Waals surface area contributed by atoms with Crippen molar-refractivity contribution < 1.29 is 171 Å². The summed E-state index contributed by atoms with van der Waals surface area (Å²) in [5.41, 5.74) is 0. The lowest BCUT2D eigenvalue weighted by atomic mass is 9.93. The van der Waals surface area contributed by atoms with Crippen LogP contribution in [0.15, 0.2) is 0 Å². The van der Waals surface area contributed by atoms with Gasteiger partial charge >= 0.3 is 107 Å². The minimum atomic E-state index is -8.81. The van der Waals surface area contributed by atoms with Gasteiger partial charge in [0.2, 0.25) is 0 Å². The summed E-state index contributed by atoms with van der Waals surface area (Å²) in [4.78, 5) is 0. The molecule has 0 aliphatic carbocycles. The predicted octanol–water partition coefficient (Wildman–Crippen LogP) is 14.6. The zero-order valence-corrected chi connectivity index (χ0v) is 29.7. The average Bonchev–Trinajstić information content (AvgIpc) is 3.05. The zero-order valence-electron chi connectivity index (χ0n) is 28.6. The van der Waals surface area contributed by atoms with Crippen molar-refractivity contribution >= 4 is 8.80 Å². The van der Waals surface area contributed by atoms with E-state index in [1.165, 1.54) is 0 Å². The van der Waals surface area contributed by atoms with Gasteiger partial charge in [-0.3, -0.25) is 0 Å². The molecule has 0 amide bonds. The Kier molecular flexibility index (Phi) is 15.7. The van der Waals surface area contributed by atoms with Crippen LogP contribution in [-0.2, 0) is 0 Å². The van der Waals surface area contributed by atoms with Crippen molar-refractivity contribution in [2.45, 2.75) is 145 Å². The topological polar surface area (TPSA) is 0 Å². The van der Waals surface area contributed by atoms with Crippen molar-refractivity contribution in [3.63, 3.8) is 0 Å². The van der Waals surface area contributed by atoms with Crippen LogP contribution in [0.25, 0.3) is 0 Å². The quantitative estimate of drug-likeness (QED) is 0.0794. The molecule has 0 spiro atoms. The Morgan fingerprint density at radius 3 is 0.422 bits per heavy atom. The van der Waals surface area contributed by atoms with Gasteiger partial charge in [-0.2, -0.15) is 171 Å². The molecule has 0 fully saturated rings. The molecule has 64 heavy (non-hydrogen) atoms. The first kappa shape index (κ1) is 61.5. The van der Waals surface area contributed by atoms with Crippen LogP contribution in [0.5, 0.6) is 0 Å². The lowest BCUT2D eigenvalue weighted by molar-refractivity contribution is -0.440. The van der Waals surface area contributed by atoms with E-state index >= 15 is 0 Å². The van der Waals surface area contributed by atoms with Gasteiger partial charge in [0.05, 0.1) is 0 Å². The first-order valence-electron chi connectivity index (χ1n) is 14.9. The summed E-state index contributed by atoms with van der Waals surface area (Å²) in [5.74, 6) is -126. The highest BCUT2D eigenvalue weighted by Gasteiger charge is 2.93. The Bertz CT molecular complexity index is 1400. The maximum Gasteiger partial charge on any atom is 0.460 e. The van der Waals surface area contributed by atoms with Crippen LogP contribution in [0.3, 0.4) is 0 Å². The zero-order chi connectivity index (χ0) is 52.8. The van der Waals surface area contributed by atoms with Crippen LogP contribution in [0.1, 0.15) is 19.3 Å². The second kappa shape index (κ2) is 16.3. The maximum absolute atomic E-state index is 14.3. The molecule has 0 aromatic heterocycles. The fourth-order valence-electron chi connectivity index (χ4n) is 4.47. The van der Waals surface area contributed by atoms with E-state index in [1.807, 2.05) is 0 Å². The Morgan fingerprint density at radius 2 is 0.297 bits per heavy atom. The first-order chi connectivity index (χ1) is 27.0. The van der Waals surface area contributed by atoms with E-state index in [0.717, 1.165) is 0 Å². The number of hydrogen-bond acceptors (Lipinski definition) is 0. The van der Waals surface area contributed by atoms with Gasteiger partial charge in [0.25, 0.3) is 0 Å². The molecule has 0 rings (SSSR count). The predicted molar refractivity (Wildman–Crippen MR) is 128 cm³/mol. The molecule has 0 unspecified atom stereocenters. The average molecular weight is 1070 g/mol. The second-order valence-electron chi connectivity index (χ2n) is 13.0. The van der Waals surface area contributed by atoms with E-state index < -0.39 is 154 Å². The monoisotopic (exact) mass is 1070 g/mol. The molecular weight excluding hydrogens is 1060 g/mol. The summed E-state index contributed by atoms with van der Waals surface area (Å²) in [6.45, 7) is 0. The fraction of sp³-hybridized carbons (Fsp3) is 1.00. The Balaban J connectivity index is 7.50. The van der Waals surface area contributed by atoms with E-state index in [4.69, 9.17) is 0 Å². The molecule has 0 heterocycles. The van der Waals surface area contributed by atoms with Gasteiger partial charge in [0.1, 0.15) is 0 Å². The largest absolute Gasteiger partial charge is 0.460 e. The summed E-state index contributed by atoms with van der Waals surface area (Å²) < 4.78 is 522. The molecule has 0 radical (unpaired) electrons. The van der Waals surface area contributed by atoms with Crippen molar-refractivity contribution in [3.8, 4) is 0 Å². The molecule has 0 bridgehead atoms. The maximum atomic E-state index is 14.3. The van der Waals surface area contributed by atoms with Crippen LogP contribution >= 0.6 is 0 Å². The van der Waals surface area contributed by atoms with Crippen LogP contribution in [0.4, 0.5) is 171 Å². The molecule has 0 N–H and O–H groups in total. The van der Waals surface area contributed by atoms with Gasteiger partial charge in [-0.15, -0.1) is 0 Å². The molecular formula is C24H13F39Si. The molecule has 0 aliphatic heterocycles. The molecule has 0 aromatic carbocycles. The fourth-order valence-corrected chi connectivity index (χ4v) is 7.64. The van der Waals surface area contributed by atoms with Gasteiger partial charge in [0, 0.05) is 28.1 Å². The number of alkyl halides is 39. The van der Waals surface area contributed by atoms with Gasteiger partial charge in [-0.25, -0.2) is 0 Å². The summed E-state index contributed by atoms with van der Waals surface area (Å²) >= 11 is 0. The van der Waals surface area contributed by atoms with Gasteiger partial charge in [0.15, 0.2) is 0 Å². The van der Waals surface area contributed by atoms with Gasteiger partial charge in [-0.05, 0) is 0 Å². The van der Waals surface area contributed by atoms with Gasteiger partial charge < -0.3 is 0 Å². The highest BCUT2D eigenvalue weighted by atomic mass is 28.3. The van der Waals surface area contributed by atoms with E-state index in [2.05, 4.69) is 0 Å². The summed E-state index contributed by atoms with van der Waals surface area (Å²) in [6.07, 6.45) is -36.2. The minimum absolute atomic E-state index is 3.15. The minimum Gasteiger partial charge on any atom is -0.200 e. The molecule has 0 atom stereocenters. The SMILES string of the molecule is FC(F)(F)C(F)(F)C(F)(F)C(F)(F)C(F)(F)C(F)(F)CC[SiH](CCC(F)(F)C(F)(F)C(F)(F)C(F)(F)C(F)(F)C(F)(F)F)CCC(F)(F)C(F)(F)C(F)(F)C(F)(F)C(F)(F)C(F)(F)F. The molecule has 0 nitrogen and oxygen atoms in total. The number of hydrogen-bond donors (Lipinski definition) is 0. The van der Waals surface area contributed by atoms with Gasteiger partial charge in [-0.1, -0.05) is 18.1 Å². The van der Waals surface area contributed by atoms with E-state index in [9.17, 15) is 171 Å². The van der Waals surface area contributed by atoms with Crippen molar-refractivity contribution in [3.05, 3.63) is 0 Å². The summed E-state index contributed by atoms with van der Waals surface area (Å²) in [5, 5.41) is 0. The van der Waals surface area contributed by atoms with Crippen molar-refractivity contribution in [1.29, 1.82) is 0 Å². The highest BCUT2D eigenvalue weighted by Crippen LogP contribution is 2.64. The van der Waals surface area contributed by atoms with E-state index in [-0.39, 0.29) is 0 Å². The lowest BCUT2D eigenvalue weighted by Gasteiger charge is -2.41. The first-order valence-corrected chi connectivity index (χ1v) is 17.4. The highest BCUT2D eigenvalue weighted by molar-refractivity contribution is 6.58. The van der Waals surface area contributed by atoms with E-state index in [0.29, 0.717) is 0 Å². The lowest BCUT2D eigenvalue weighted by Crippen LogP contribution is -2.70. The third-order valence-electron chi connectivity index (χ3n) is 8.59. The Morgan fingerprint density at radius 1 is 0.172 bits per heavy atom. The molecule has 0 saturated heterocycles. The third kappa shape index (κ3) is 8.99. The van der Waals surface area contributed by atoms with Crippen LogP contribution < -0.4 is 0 Å². The van der Waals surface area contributed by atoms with Crippen LogP contribution in [-0.4, -0.2) is 116 Å². The second-order valence-corrected chi connectivity index (χ2v) is 16.4. The van der Waals surface area contributed by atoms with E-state index in [1.54, 1.807) is 0 Å². The standard InChI is InChI=1S/C24H13F39Si/c25-7(26,10(31,32)13(37,38)16(43,44)19(49,50)22(55,56)57)1-4-64(5-2-8(27,28)11(33,34)14(39,40)17(45,46)20(51,52)23(58,59)60)6-3-9(29,30)12(35,36)15(41,42)18(47,48)21(53,54)24(61,62)63/h64H,1-6H2. The summed E-state index contributed by atoms with van der Waals surface area (Å²) in [7, 11) is -5.94. The third-order valence-corrected chi connectivity index (χ3v) is 11.9. The Labute approximate surface area is 326 Å². The molecule has 0 aromatic rings. The molecule has 40 heteroatoms. The number of rotatable bonds is 21. The molecule has 386 valence electrons. The molecule has 0 aliphatic rings. The van der Waals surface area contributed by atoms with Crippen LogP contribution in [0.2, 0.25) is 18.1 Å². The van der Waals surface area contributed by atoms with Crippen LogP contribution in [0, 0.1) is 0 Å². The molecule has 0 saturated carbocycles. The smallest absolute Gasteiger partial charge is 0.200 e. The Hall–Kier alpha value is -2.51. The normalized spacial score (nSPS) is 16.9. The van der Waals surface area contributed by atoms with Crippen molar-refractivity contribution in [2.24, 2.45) is 0 Å². The summed E-state index contributed by atoms with van der Waals surface area (Å²) in [6, 6.07) is -9.46.